The van der Waals surface area contributed by atoms with E-state index in [0.717, 1.165) is 4.47 Å². The first-order valence-corrected chi connectivity index (χ1v) is 24.3. The molecule has 0 bridgehead atoms. The van der Waals surface area contributed by atoms with Gasteiger partial charge in [-0.15, -0.1) is 22.7 Å². The molecule has 0 N–H and O–H groups in total. The van der Waals surface area contributed by atoms with E-state index in [1.165, 1.54) is 118 Å². The van der Waals surface area contributed by atoms with Gasteiger partial charge < -0.3 is 9.13 Å². The van der Waals surface area contributed by atoms with E-state index in [4.69, 9.17) is 0 Å². The lowest BCUT2D eigenvalue weighted by Crippen LogP contribution is -1.94. The lowest BCUT2D eigenvalue weighted by molar-refractivity contribution is 1.18. The van der Waals surface area contributed by atoms with Gasteiger partial charge in [-0.25, -0.2) is 0 Å². The van der Waals surface area contributed by atoms with Gasteiger partial charge in [-0.3, -0.25) is 0 Å². The fourth-order valence-corrected chi connectivity index (χ4v) is 12.4. The summed E-state index contributed by atoms with van der Waals surface area (Å²) in [6.07, 6.45) is 0. The molecule has 5 heteroatoms. The summed E-state index contributed by atoms with van der Waals surface area (Å²) in [5.41, 5.74) is 12.3. The molecule has 14 aromatic rings. The standard InChI is InChI=1S/C30H18BrNS.C30H19NS/c31-21-13-14-28-25(18-21)23-8-1-3-10-27(23)32(28)22-7-5-6-19(16-22)20-12-15-30-26(17-20)24-9-2-4-11-29(24)33-30;1-4-13-27-23(10-1)24-11-2-5-14-28(24)31(27)22-9-7-8-20(18-22)21-16-17-30-26(19-21)25-12-3-6-15-29(25)32-30/h1-18H;1-19H. The molecule has 10 aromatic carbocycles. The average molecular weight is 930 g/mol. The first-order chi connectivity index (χ1) is 32.1. The number of rotatable bonds is 4. The fraction of sp³-hybridized carbons (Fsp3) is 0. The molecular formula is C60H37BrN2S2. The molecule has 0 spiro atoms. The summed E-state index contributed by atoms with van der Waals surface area (Å²) >= 11 is 7.38. The SMILES string of the molecule is Brc1ccc2c(c1)c1ccccc1n2-c1cccc(-c2ccc3sc4ccccc4c3c2)c1.c1cc(-c2ccc3sc4ccccc4c3c2)cc(-n2c3ccccc3c3ccccc32)c1. The molecule has 0 saturated carbocycles. The molecule has 4 heterocycles. The minimum atomic E-state index is 1.10. The lowest BCUT2D eigenvalue weighted by atomic mass is 10.0. The van der Waals surface area contributed by atoms with Crippen molar-refractivity contribution >= 4 is 123 Å². The third-order valence-electron chi connectivity index (χ3n) is 12.8. The summed E-state index contributed by atoms with van der Waals surface area (Å²) in [5.74, 6) is 0. The first-order valence-electron chi connectivity index (χ1n) is 21.8. The predicted octanol–water partition coefficient (Wildman–Crippen LogP) is 18.4. The van der Waals surface area contributed by atoms with Gasteiger partial charge in [-0.2, -0.15) is 0 Å². The highest BCUT2D eigenvalue weighted by molar-refractivity contribution is 9.10. The number of aromatic nitrogens is 2. The van der Waals surface area contributed by atoms with Crippen LogP contribution in [-0.2, 0) is 0 Å². The van der Waals surface area contributed by atoms with Crippen molar-refractivity contribution in [3.63, 3.8) is 0 Å². The van der Waals surface area contributed by atoms with Crippen LogP contribution in [0.4, 0.5) is 0 Å². The van der Waals surface area contributed by atoms with Crippen LogP contribution >= 0.6 is 38.6 Å². The Labute approximate surface area is 391 Å². The highest BCUT2D eigenvalue weighted by atomic mass is 79.9. The maximum absolute atomic E-state index is 3.65. The second-order valence-corrected chi connectivity index (χ2v) is 19.7. The van der Waals surface area contributed by atoms with Crippen molar-refractivity contribution in [2.75, 3.05) is 0 Å². The molecule has 0 aliphatic rings. The quantitative estimate of drug-likeness (QED) is 0.166. The maximum Gasteiger partial charge on any atom is 0.0541 e. The number of benzene rings is 10. The van der Waals surface area contributed by atoms with Crippen molar-refractivity contribution in [3.05, 3.63) is 229 Å². The third-order valence-corrected chi connectivity index (χ3v) is 15.6. The second-order valence-electron chi connectivity index (χ2n) is 16.6. The number of nitrogens with zero attached hydrogens (tertiary/aromatic N) is 2. The van der Waals surface area contributed by atoms with Crippen LogP contribution in [0.25, 0.3) is 118 Å². The van der Waals surface area contributed by atoms with Crippen LogP contribution < -0.4 is 0 Å². The van der Waals surface area contributed by atoms with E-state index in [2.05, 4.69) is 250 Å². The summed E-state index contributed by atoms with van der Waals surface area (Å²) in [4.78, 5) is 0. The van der Waals surface area contributed by atoms with E-state index in [1.54, 1.807) is 0 Å². The van der Waals surface area contributed by atoms with Gasteiger partial charge in [0.2, 0.25) is 0 Å². The lowest BCUT2D eigenvalue weighted by Gasteiger charge is -2.10. The molecule has 0 aliphatic carbocycles. The van der Waals surface area contributed by atoms with Gasteiger partial charge in [0.25, 0.3) is 0 Å². The predicted molar refractivity (Wildman–Crippen MR) is 286 cm³/mol. The van der Waals surface area contributed by atoms with Crippen LogP contribution in [-0.4, -0.2) is 9.13 Å². The minimum absolute atomic E-state index is 1.10. The van der Waals surface area contributed by atoms with Crippen molar-refractivity contribution in [1.82, 2.24) is 9.13 Å². The van der Waals surface area contributed by atoms with Gasteiger partial charge >= 0.3 is 0 Å². The topological polar surface area (TPSA) is 9.86 Å². The molecule has 0 saturated heterocycles. The van der Waals surface area contributed by atoms with Crippen LogP contribution in [0.1, 0.15) is 0 Å². The van der Waals surface area contributed by atoms with Crippen LogP contribution in [0.2, 0.25) is 0 Å². The molecule has 0 radical (unpaired) electrons. The van der Waals surface area contributed by atoms with E-state index in [1.807, 2.05) is 22.7 Å². The maximum atomic E-state index is 3.65. The van der Waals surface area contributed by atoms with Gasteiger partial charge in [0.15, 0.2) is 0 Å². The number of hydrogen-bond acceptors (Lipinski definition) is 2. The third kappa shape index (κ3) is 6.41. The normalized spacial score (nSPS) is 11.8. The first kappa shape index (κ1) is 38.2. The summed E-state index contributed by atoms with van der Waals surface area (Å²) in [5, 5.41) is 10.5. The van der Waals surface area contributed by atoms with Crippen LogP contribution in [0.5, 0.6) is 0 Å². The zero-order valence-electron chi connectivity index (χ0n) is 35.0. The Hall–Kier alpha value is -7.28. The van der Waals surface area contributed by atoms with Crippen LogP contribution in [0.3, 0.4) is 0 Å². The average Bonchev–Trinajstić information content (AvgIpc) is 4.11. The Bertz CT molecular complexity index is 4110. The Morgan fingerprint density at radius 3 is 1.14 bits per heavy atom. The van der Waals surface area contributed by atoms with Crippen LogP contribution in [0.15, 0.2) is 229 Å². The molecule has 4 aromatic heterocycles. The molecule has 0 amide bonds. The molecule has 306 valence electrons. The Morgan fingerprint density at radius 2 is 0.646 bits per heavy atom. The van der Waals surface area contributed by atoms with Crippen molar-refractivity contribution in [2.45, 2.75) is 0 Å². The fourth-order valence-electron chi connectivity index (χ4n) is 9.88. The molecule has 0 unspecified atom stereocenters. The zero-order valence-corrected chi connectivity index (χ0v) is 38.2. The van der Waals surface area contributed by atoms with Gasteiger partial charge in [0, 0.05) is 77.7 Å². The summed E-state index contributed by atoms with van der Waals surface area (Å²) in [7, 11) is 0. The van der Waals surface area contributed by atoms with E-state index in [0.29, 0.717) is 0 Å². The Balaban J connectivity index is 0.000000130. The molecular weight excluding hydrogens is 893 g/mol. The van der Waals surface area contributed by atoms with Gasteiger partial charge in [0.1, 0.15) is 0 Å². The van der Waals surface area contributed by atoms with Crippen molar-refractivity contribution in [3.8, 4) is 33.6 Å². The summed E-state index contributed by atoms with van der Waals surface area (Å²) in [6.45, 7) is 0. The van der Waals surface area contributed by atoms with Crippen molar-refractivity contribution < 1.29 is 0 Å². The van der Waals surface area contributed by atoms with E-state index in [-0.39, 0.29) is 0 Å². The monoisotopic (exact) mass is 928 g/mol. The Morgan fingerprint density at radius 1 is 0.262 bits per heavy atom. The smallest absolute Gasteiger partial charge is 0.0541 e. The van der Waals surface area contributed by atoms with E-state index < -0.39 is 0 Å². The summed E-state index contributed by atoms with van der Waals surface area (Å²) in [6, 6.07) is 81.4. The summed E-state index contributed by atoms with van der Waals surface area (Å²) < 4.78 is 11.2. The highest BCUT2D eigenvalue weighted by Crippen LogP contribution is 2.40. The number of fused-ring (bicyclic) bond motifs is 12. The van der Waals surface area contributed by atoms with Crippen molar-refractivity contribution in [2.24, 2.45) is 0 Å². The van der Waals surface area contributed by atoms with E-state index >= 15 is 0 Å². The number of para-hydroxylation sites is 3. The number of halogens is 1. The largest absolute Gasteiger partial charge is 0.309 e. The molecule has 65 heavy (non-hydrogen) atoms. The molecule has 0 fully saturated rings. The minimum Gasteiger partial charge on any atom is -0.309 e. The zero-order chi connectivity index (χ0) is 43.0. The van der Waals surface area contributed by atoms with Crippen LogP contribution in [0, 0.1) is 0 Å². The second kappa shape index (κ2) is 15.5. The van der Waals surface area contributed by atoms with Gasteiger partial charge in [0.05, 0.1) is 22.1 Å². The number of hydrogen-bond donors (Lipinski definition) is 0. The van der Waals surface area contributed by atoms with E-state index in [9.17, 15) is 0 Å². The van der Waals surface area contributed by atoms with Crippen molar-refractivity contribution in [1.29, 1.82) is 0 Å². The highest BCUT2D eigenvalue weighted by Gasteiger charge is 2.15. The molecule has 0 atom stereocenters. The Kier molecular flexibility index (Phi) is 9.09. The molecule has 14 rings (SSSR count). The van der Waals surface area contributed by atoms with Gasteiger partial charge in [-0.05, 0) is 119 Å². The molecule has 0 aliphatic heterocycles. The van der Waals surface area contributed by atoms with Gasteiger partial charge in [-0.1, -0.05) is 143 Å². The molecule has 2 nitrogen and oxygen atoms in total. The number of thiophene rings is 2.